The summed E-state index contributed by atoms with van der Waals surface area (Å²) in [4.78, 5) is 2.42. The second-order valence-electron chi connectivity index (χ2n) is 5.43. The van der Waals surface area contributed by atoms with Crippen LogP contribution in [0.1, 0.15) is 34.2 Å². The first-order valence-electron chi connectivity index (χ1n) is 6.86. The van der Waals surface area contributed by atoms with E-state index in [9.17, 15) is 0 Å². The number of hydrogen-bond acceptors (Lipinski definition) is 2. The molecule has 2 nitrogen and oxygen atoms in total. The molecule has 2 heteroatoms. The minimum Gasteiger partial charge on any atom is -0.320 e. The van der Waals surface area contributed by atoms with Gasteiger partial charge in [0.2, 0.25) is 0 Å². The highest BCUT2D eigenvalue weighted by atomic mass is 15.1. The molecule has 0 spiro atoms. The smallest absolute Gasteiger partial charge is 0.0236 e. The molecule has 0 unspecified atom stereocenters. The second kappa shape index (κ2) is 6.91. The molecular weight excluding hydrogens is 220 g/mol. The van der Waals surface area contributed by atoms with Crippen LogP contribution in [-0.2, 0) is 6.54 Å². The van der Waals surface area contributed by atoms with E-state index in [-0.39, 0.29) is 0 Å². The van der Waals surface area contributed by atoms with Gasteiger partial charge in [-0.25, -0.2) is 0 Å². The van der Waals surface area contributed by atoms with Gasteiger partial charge in [0.05, 0.1) is 0 Å². The van der Waals surface area contributed by atoms with E-state index in [0.717, 1.165) is 19.6 Å². The summed E-state index contributed by atoms with van der Waals surface area (Å²) in [5.41, 5.74) is 7.25. The molecule has 0 saturated carbocycles. The van der Waals surface area contributed by atoms with Crippen molar-refractivity contribution in [3.63, 3.8) is 0 Å². The minimum atomic E-state index is 1.06. The zero-order valence-electron chi connectivity index (χ0n) is 12.9. The van der Waals surface area contributed by atoms with Gasteiger partial charge in [-0.3, -0.25) is 0 Å². The summed E-state index contributed by atoms with van der Waals surface area (Å²) in [6, 6.07) is 2.30. The van der Waals surface area contributed by atoms with Gasteiger partial charge in [0, 0.05) is 6.54 Å². The van der Waals surface area contributed by atoms with E-state index in [1.807, 2.05) is 7.05 Å². The van der Waals surface area contributed by atoms with E-state index in [4.69, 9.17) is 0 Å². The van der Waals surface area contributed by atoms with Crippen LogP contribution in [-0.4, -0.2) is 32.1 Å². The molecule has 1 aromatic rings. The Morgan fingerprint density at radius 3 is 2.11 bits per heavy atom. The van der Waals surface area contributed by atoms with Crippen molar-refractivity contribution in [2.75, 3.05) is 27.2 Å². The number of rotatable bonds is 6. The van der Waals surface area contributed by atoms with Crippen molar-refractivity contribution in [2.45, 2.75) is 40.7 Å². The Bertz CT molecular complexity index is 370. The summed E-state index contributed by atoms with van der Waals surface area (Å²) in [5, 5.41) is 3.20. The average Bonchev–Trinajstić information content (AvgIpc) is 2.32. The standard InChI is InChI=1S/C16H28N2/c1-12-10-13(2)15(4)16(14(12)3)11-18(6)9-7-8-17-5/h10,17H,7-9,11H2,1-6H3. The molecule has 0 aliphatic rings. The fraction of sp³-hybridized carbons (Fsp3) is 0.625. The Kier molecular flexibility index (Phi) is 5.83. The van der Waals surface area contributed by atoms with Crippen molar-refractivity contribution in [3.05, 3.63) is 33.9 Å². The van der Waals surface area contributed by atoms with Crippen LogP contribution in [0.3, 0.4) is 0 Å². The fourth-order valence-corrected chi connectivity index (χ4v) is 2.41. The number of hydrogen-bond donors (Lipinski definition) is 1. The Morgan fingerprint density at radius 1 is 1.06 bits per heavy atom. The lowest BCUT2D eigenvalue weighted by Gasteiger charge is -2.21. The molecule has 0 amide bonds. The van der Waals surface area contributed by atoms with Crippen LogP contribution >= 0.6 is 0 Å². The molecule has 0 heterocycles. The fourth-order valence-electron chi connectivity index (χ4n) is 2.41. The third-order valence-corrected chi connectivity index (χ3v) is 3.92. The number of aryl methyl sites for hydroxylation is 2. The first-order valence-corrected chi connectivity index (χ1v) is 6.86. The van der Waals surface area contributed by atoms with Crippen molar-refractivity contribution in [1.29, 1.82) is 0 Å². The maximum Gasteiger partial charge on any atom is 0.0236 e. The van der Waals surface area contributed by atoms with E-state index in [0.29, 0.717) is 0 Å². The highest BCUT2D eigenvalue weighted by Gasteiger charge is 2.10. The van der Waals surface area contributed by atoms with Gasteiger partial charge >= 0.3 is 0 Å². The summed E-state index contributed by atoms with van der Waals surface area (Å²) >= 11 is 0. The van der Waals surface area contributed by atoms with Gasteiger partial charge < -0.3 is 10.2 Å². The molecule has 0 radical (unpaired) electrons. The van der Waals surface area contributed by atoms with Crippen LogP contribution < -0.4 is 5.32 Å². The molecule has 0 fully saturated rings. The predicted molar refractivity (Wildman–Crippen MR) is 80.3 cm³/mol. The summed E-state index contributed by atoms with van der Waals surface area (Å²) in [5.74, 6) is 0. The second-order valence-corrected chi connectivity index (χ2v) is 5.43. The normalized spacial score (nSPS) is 11.3. The lowest BCUT2D eigenvalue weighted by Crippen LogP contribution is -2.23. The average molecular weight is 248 g/mol. The van der Waals surface area contributed by atoms with Crippen molar-refractivity contribution < 1.29 is 0 Å². The highest BCUT2D eigenvalue weighted by molar-refractivity contribution is 5.43. The van der Waals surface area contributed by atoms with E-state index in [1.54, 1.807) is 0 Å². The van der Waals surface area contributed by atoms with Crippen LogP contribution in [0, 0.1) is 27.7 Å². The zero-order chi connectivity index (χ0) is 13.7. The van der Waals surface area contributed by atoms with Crippen LogP contribution in [0.2, 0.25) is 0 Å². The number of nitrogens with zero attached hydrogens (tertiary/aromatic N) is 1. The summed E-state index contributed by atoms with van der Waals surface area (Å²) in [7, 11) is 4.23. The van der Waals surface area contributed by atoms with Crippen LogP contribution in [0.5, 0.6) is 0 Å². The molecular formula is C16H28N2. The Morgan fingerprint density at radius 2 is 1.61 bits per heavy atom. The summed E-state index contributed by atoms with van der Waals surface area (Å²) in [6.45, 7) is 12.2. The molecule has 102 valence electrons. The number of benzene rings is 1. The van der Waals surface area contributed by atoms with Crippen molar-refractivity contribution in [1.82, 2.24) is 10.2 Å². The van der Waals surface area contributed by atoms with E-state index in [2.05, 4.69) is 51.0 Å². The topological polar surface area (TPSA) is 15.3 Å². The van der Waals surface area contributed by atoms with Crippen molar-refractivity contribution in [2.24, 2.45) is 0 Å². The van der Waals surface area contributed by atoms with E-state index < -0.39 is 0 Å². The third-order valence-electron chi connectivity index (χ3n) is 3.92. The van der Waals surface area contributed by atoms with E-state index in [1.165, 1.54) is 34.2 Å². The Balaban J connectivity index is 2.77. The maximum absolute atomic E-state index is 3.20. The SMILES string of the molecule is CNCCCN(C)Cc1c(C)c(C)cc(C)c1C. The van der Waals surface area contributed by atoms with Gasteiger partial charge in [0.1, 0.15) is 0 Å². The lowest BCUT2D eigenvalue weighted by atomic mass is 9.94. The van der Waals surface area contributed by atoms with Crippen LogP contribution in [0.4, 0.5) is 0 Å². The third kappa shape index (κ3) is 3.82. The van der Waals surface area contributed by atoms with Gasteiger partial charge in [-0.2, -0.15) is 0 Å². The van der Waals surface area contributed by atoms with Crippen LogP contribution in [0.15, 0.2) is 6.07 Å². The molecule has 0 bridgehead atoms. The largest absolute Gasteiger partial charge is 0.320 e. The first-order chi connectivity index (χ1) is 8.47. The molecule has 1 rings (SSSR count). The maximum atomic E-state index is 3.20. The molecule has 1 N–H and O–H groups in total. The lowest BCUT2D eigenvalue weighted by molar-refractivity contribution is 0.319. The number of nitrogens with one attached hydrogen (secondary N) is 1. The van der Waals surface area contributed by atoms with E-state index >= 15 is 0 Å². The van der Waals surface area contributed by atoms with Crippen molar-refractivity contribution >= 4 is 0 Å². The molecule has 0 aliphatic carbocycles. The predicted octanol–water partition coefficient (Wildman–Crippen LogP) is 2.96. The quantitative estimate of drug-likeness (QED) is 0.779. The Hall–Kier alpha value is -0.860. The molecule has 1 aromatic carbocycles. The molecule has 0 atom stereocenters. The highest BCUT2D eigenvalue weighted by Crippen LogP contribution is 2.22. The van der Waals surface area contributed by atoms with Gasteiger partial charge in [-0.15, -0.1) is 0 Å². The molecule has 0 saturated heterocycles. The molecule has 0 aliphatic heterocycles. The minimum absolute atomic E-state index is 1.06. The summed E-state index contributed by atoms with van der Waals surface area (Å²) in [6.07, 6.45) is 1.20. The molecule has 18 heavy (non-hydrogen) atoms. The summed E-state index contributed by atoms with van der Waals surface area (Å²) < 4.78 is 0. The zero-order valence-corrected chi connectivity index (χ0v) is 12.9. The van der Waals surface area contributed by atoms with Crippen molar-refractivity contribution in [3.8, 4) is 0 Å². The van der Waals surface area contributed by atoms with Gasteiger partial charge in [-0.1, -0.05) is 6.07 Å². The van der Waals surface area contributed by atoms with Gasteiger partial charge in [0.15, 0.2) is 0 Å². The van der Waals surface area contributed by atoms with Gasteiger partial charge in [0.25, 0.3) is 0 Å². The Labute approximate surface area is 112 Å². The van der Waals surface area contributed by atoms with Crippen LogP contribution in [0.25, 0.3) is 0 Å². The molecule has 0 aromatic heterocycles. The monoisotopic (exact) mass is 248 g/mol. The van der Waals surface area contributed by atoms with Gasteiger partial charge in [-0.05, 0) is 89.1 Å². The first kappa shape index (κ1) is 15.2.